The number of carbonyl (C=O) groups excluding carboxylic acids is 13. The second kappa shape index (κ2) is 54.0. The number of esters is 5. The number of carboxylic acid groups (broad SMARTS) is 1. The molecule has 3 aromatic rings. The van der Waals surface area contributed by atoms with Crippen molar-refractivity contribution in [1.29, 1.82) is 0 Å². The molecule has 47 heteroatoms. The summed E-state index contributed by atoms with van der Waals surface area (Å²) in [6, 6.07) is -3.56. The van der Waals surface area contributed by atoms with Gasteiger partial charge in [-0.3, -0.25) is 48.8 Å². The van der Waals surface area contributed by atoms with Crippen LogP contribution < -0.4 is 18.9 Å². The van der Waals surface area contributed by atoms with E-state index in [1.54, 1.807) is 163 Å². The van der Waals surface area contributed by atoms with Crippen LogP contribution in [0.1, 0.15) is 231 Å². The van der Waals surface area contributed by atoms with Crippen molar-refractivity contribution in [2.45, 2.75) is 308 Å². The van der Waals surface area contributed by atoms with Gasteiger partial charge in [-0.15, -0.1) is 0 Å². The Kier molecular flexibility index (Phi) is 50.1. The van der Waals surface area contributed by atoms with Crippen LogP contribution in [0.3, 0.4) is 0 Å². The molecule has 6 aliphatic rings. The molecule has 7 atom stereocenters. The van der Waals surface area contributed by atoms with Gasteiger partial charge < -0.3 is 72.7 Å². The van der Waals surface area contributed by atoms with E-state index in [1.807, 2.05) is 18.8 Å². The third kappa shape index (κ3) is 37.3. The summed E-state index contributed by atoms with van der Waals surface area (Å²) in [5, 5.41) is 20.9. The van der Waals surface area contributed by atoms with Gasteiger partial charge >= 0.3 is 91.2 Å². The largest absolute Gasteiger partial charge is 1.00 e. The molecule has 3 unspecified atom stereocenters. The van der Waals surface area contributed by atoms with Gasteiger partial charge in [-0.1, -0.05) is 68.9 Å². The molecule has 3 aromatic heterocycles. The Hall–Kier alpha value is -9.95. The molecule has 0 bridgehead atoms. The number of methoxy groups -OCH3 is 5. The molecule has 3 N–H and O–H groups in total. The topological polar surface area (TPSA) is 517 Å². The summed E-state index contributed by atoms with van der Waals surface area (Å²) in [6.45, 7) is 36.9. The van der Waals surface area contributed by atoms with E-state index >= 15 is 0 Å². The number of hydrogen-bond acceptors (Lipinski definition) is 39. The summed E-state index contributed by atoms with van der Waals surface area (Å²) in [4.78, 5) is 207. The van der Waals surface area contributed by atoms with Crippen molar-refractivity contribution >= 4 is 119 Å². The molecule has 3 fully saturated rings. The van der Waals surface area contributed by atoms with Gasteiger partial charge in [0.2, 0.25) is 0 Å². The third-order valence-corrected chi connectivity index (χ3v) is 21.3. The zero-order valence-corrected chi connectivity index (χ0v) is 88.2. The van der Waals surface area contributed by atoms with E-state index < -0.39 is 147 Å². The molecule has 43 nitrogen and oxygen atoms in total. The number of amides is 6. The van der Waals surface area contributed by atoms with E-state index in [0.29, 0.717) is 55.4 Å². The molecule has 3 saturated heterocycles. The normalized spacial score (nSPS) is 19.3. The number of β-amino-alcohol motifs (C(OH)–C–C–N with tert-alkyl or cyclic N) is 1. The van der Waals surface area contributed by atoms with E-state index in [1.165, 1.54) is 135 Å². The van der Waals surface area contributed by atoms with Crippen molar-refractivity contribution in [3.63, 3.8) is 0 Å². The Morgan fingerprint density at radius 3 is 1.21 bits per heavy atom. The van der Waals surface area contributed by atoms with Crippen molar-refractivity contribution < 1.29 is 154 Å². The number of aliphatic carboxylic acids is 1. The fourth-order valence-corrected chi connectivity index (χ4v) is 14.7. The second-order valence-corrected chi connectivity index (χ2v) is 40.5. The maximum Gasteiger partial charge on any atom is 1.00 e. The predicted octanol–water partition coefficient (Wildman–Crippen LogP) is 8.29. The van der Waals surface area contributed by atoms with Crippen LogP contribution >= 0.6 is 35.3 Å². The standard InChI is InChI=1S/C15H21N3O4S.2C14H19N3O4S.C14H22N2O5.C11H19NO5.C11H17NO5.C10H24N2.CH4.Li.H2O/c1-14(2,3)22-13(20)18-8-10-9(7-16-12(17-10)23-6)15(18,4)11(19)21-5;1-13(2,3)21-12(20)17-7-9-8(14(17,4)10(18)19)6-15-11(16-9)22-5;1-14(2,3)21-13(19)17-7-9-8(10(17)11(18)20-4)6-15-12(16-9)22-5;1-14(2,3)21-13(19)16-8-10(17)9(7-15(4)5)11(16)12(18)20-6;2*1-11(2,3)17-10(15)12-6-7(13)5-8(12)9(14)16-4;1-6-7-8-9-10(11(2)3)12(4)5;;;/h7H,8H2,1-6H3;6H,7H2,1-5H3,(H,18,19);6,10H,7H2,1-5H3;7,11H,8H2,1-6H3;7-8,13H,5-6H2,1-4H3;8H,5-6H2,1-4H3;10H,6-9H2,1-5H3;1H4;;1H2/q;;;;;;;;+1;/p-1/b;;;9-7+;;;;;;/t;;;11-;7-,8+;8-;;;;/m...101..../s1. The number of fused-ring (bicyclic) bond motifs is 3. The Labute approximate surface area is 830 Å². The quantitative estimate of drug-likeness (QED) is 0.0199. The zero-order valence-electron chi connectivity index (χ0n) is 85.7. The van der Waals surface area contributed by atoms with Gasteiger partial charge in [-0.25, -0.2) is 87.4 Å². The smallest absolute Gasteiger partial charge is 0.870 e. The third-order valence-electron chi connectivity index (χ3n) is 19.6. The van der Waals surface area contributed by atoms with Crippen molar-refractivity contribution in [2.24, 2.45) is 0 Å². The number of aliphatic hydroxyl groups excluding tert-OH is 1. The predicted molar refractivity (Wildman–Crippen MR) is 503 cm³/mol. The number of rotatable bonds is 16. The zero-order chi connectivity index (χ0) is 103. The van der Waals surface area contributed by atoms with Crippen LogP contribution in [-0.4, -0.2) is 354 Å². The van der Waals surface area contributed by atoms with Crippen LogP contribution in [0.25, 0.3) is 0 Å². The summed E-state index contributed by atoms with van der Waals surface area (Å²) in [5.74, 6) is -4.50. The number of carbonyl (C=O) groups is 14. The molecule has 9 rings (SSSR count). The first-order valence-corrected chi connectivity index (χ1v) is 46.6. The van der Waals surface area contributed by atoms with Crippen molar-refractivity contribution in [2.75, 3.05) is 116 Å². The Balaban J connectivity index is 0.00000158. The van der Waals surface area contributed by atoms with Crippen molar-refractivity contribution in [3.8, 4) is 0 Å². The van der Waals surface area contributed by atoms with Crippen LogP contribution in [-0.2, 0) is 121 Å². The molecule has 0 aliphatic carbocycles. The number of thioether (sulfide) groups is 3. The number of likely N-dealkylation sites (tertiary alicyclic amines) is 3. The summed E-state index contributed by atoms with van der Waals surface area (Å²) >= 11 is 4.15. The maximum absolute atomic E-state index is 12.6. The molecule has 0 radical (unpaired) electrons. The Morgan fingerprint density at radius 2 is 0.839 bits per heavy atom. The first-order chi connectivity index (χ1) is 61.6. The number of hydrogen-bond donors (Lipinski definition) is 2. The van der Waals surface area contributed by atoms with E-state index in [9.17, 15) is 77.3 Å². The number of aromatic nitrogens is 6. The SMILES string of the molecule is C.CCCCCC(N(C)C)N(C)C.COC(=O)C1(C)c2cnc(SC)nc2CN1C(=O)OC(C)(C)C.COC(=O)C1c2cnc(SC)nc2CN1C(=O)OC(C)(C)C.COC(=O)[C@H]1/C(=C/N(C)C)C(=O)CN1C(=O)OC(C)(C)C.COC(=O)[C@H]1CC(=O)CN1C(=O)OC(C)(C)C.COC(=O)[C@H]1C[C@H](O)CN1C(=O)OC(C)(C)C.CSc1ncc2c(n1)CN(C(=O)OC(C)(C)C)C2(C)C(=O)O.[Li+].[OH-]. The van der Waals surface area contributed by atoms with E-state index in [-0.39, 0.29) is 101 Å². The monoisotopic (exact) mass is 1990 g/mol. The Bertz CT molecular complexity index is 4650. The molecule has 0 spiro atoms. The number of ether oxygens (including phenoxy) is 11. The maximum atomic E-state index is 12.6. The average Bonchev–Trinajstić information content (AvgIpc) is 1.59. The number of ketones is 2. The Morgan fingerprint density at radius 1 is 0.482 bits per heavy atom. The average molecular weight is 1990 g/mol. The molecular weight excluding hydrogens is 1840 g/mol. The minimum Gasteiger partial charge on any atom is -0.870 e. The van der Waals surface area contributed by atoms with Gasteiger partial charge in [-0.05, 0) is 192 Å². The van der Waals surface area contributed by atoms with Gasteiger partial charge in [-0.2, -0.15) is 0 Å². The molecule has 6 aliphatic heterocycles. The fraction of sp³-hybridized carbons (Fsp3) is 0.689. The van der Waals surface area contributed by atoms with Gasteiger partial charge in [0.1, 0.15) is 45.7 Å². The van der Waals surface area contributed by atoms with Crippen molar-refractivity contribution in [3.05, 3.63) is 64.1 Å². The number of aliphatic hydroxyl groups is 1. The minimum absolute atomic E-state index is 0. The fourth-order valence-electron chi connectivity index (χ4n) is 13.6. The van der Waals surface area contributed by atoms with E-state index in [4.69, 9.17) is 42.6 Å². The van der Waals surface area contributed by atoms with E-state index in [2.05, 4.69) is 84.3 Å². The number of Topliss-reactive ketones (excluding diaryl/α,β-unsaturated/α-hetero) is 2. The van der Waals surface area contributed by atoms with Crippen LogP contribution in [0.15, 0.2) is 45.8 Å². The summed E-state index contributed by atoms with van der Waals surface area (Å²) in [5.41, 5.74) is -3.28. The second-order valence-electron chi connectivity index (χ2n) is 38.2. The number of nitrogens with zero attached hydrogens (tertiary/aromatic N) is 15. The van der Waals surface area contributed by atoms with Crippen LogP contribution in [0.2, 0.25) is 0 Å². The van der Waals surface area contributed by atoms with Gasteiger partial charge in [0.25, 0.3) is 0 Å². The minimum atomic E-state index is -1.53. The van der Waals surface area contributed by atoms with Gasteiger partial charge in [0.15, 0.2) is 50.2 Å². The summed E-state index contributed by atoms with van der Waals surface area (Å²) < 4.78 is 55.2. The molecule has 9 heterocycles. The van der Waals surface area contributed by atoms with Gasteiger partial charge in [0, 0.05) is 74.0 Å². The number of carboxylic acids is 1. The summed E-state index contributed by atoms with van der Waals surface area (Å²) in [6.07, 6.45) is 13.2. The molecule has 0 aromatic carbocycles. The molecule has 0 saturated carbocycles. The molecule has 768 valence electrons. The van der Waals surface area contributed by atoms with Crippen LogP contribution in [0.5, 0.6) is 0 Å². The molecule has 137 heavy (non-hydrogen) atoms. The first-order valence-electron chi connectivity index (χ1n) is 42.9. The van der Waals surface area contributed by atoms with Crippen LogP contribution in [0.4, 0.5) is 28.8 Å². The van der Waals surface area contributed by atoms with Crippen LogP contribution in [0, 0.1) is 0 Å². The van der Waals surface area contributed by atoms with E-state index in [0.717, 1.165) is 9.80 Å². The number of unbranched alkanes of at least 4 members (excludes halogenated alkanes) is 2. The first kappa shape index (κ1) is 127. The summed E-state index contributed by atoms with van der Waals surface area (Å²) in [7, 11) is 18.3. The van der Waals surface area contributed by atoms with Crippen molar-refractivity contribution in [1.82, 2.24) is 74.0 Å². The molecule has 6 amide bonds. The molecular formula is C90H146LiN15O28S3. The van der Waals surface area contributed by atoms with Gasteiger partial charge in [0.05, 0.1) is 104 Å².